The minimum Gasteiger partial charge on any atom is -0.419 e. The van der Waals surface area contributed by atoms with Gasteiger partial charge in [-0.3, -0.25) is 4.98 Å². The average Bonchev–Trinajstić information content (AvgIpc) is 3.32. The third-order valence-corrected chi connectivity index (χ3v) is 10.2. The number of ether oxygens (including phenoxy) is 1. The van der Waals surface area contributed by atoms with Gasteiger partial charge in [0, 0.05) is 5.56 Å². The number of hydrogen-bond donors (Lipinski definition) is 0. The van der Waals surface area contributed by atoms with E-state index in [0.717, 1.165) is 11.1 Å². The second kappa shape index (κ2) is 19.0. The van der Waals surface area contributed by atoms with Crippen LogP contribution in [0.15, 0.2) is 73.2 Å². The summed E-state index contributed by atoms with van der Waals surface area (Å²) in [5.74, 6) is -71.3. The molecule has 0 unspecified atom stereocenters. The highest BCUT2D eigenvalue weighted by atomic mass is 19.2. The van der Waals surface area contributed by atoms with Crippen molar-refractivity contribution in [2.75, 3.05) is 0 Å². The minimum atomic E-state index is -7.22. The lowest BCUT2D eigenvalue weighted by atomic mass is 9.12. The monoisotopic (exact) mass is 984 g/mol. The first-order valence-electron chi connectivity index (χ1n) is 18.3. The van der Waals surface area contributed by atoms with E-state index in [1.807, 2.05) is 54.0 Å². The summed E-state index contributed by atoms with van der Waals surface area (Å²) in [6.45, 7) is 2.57. The van der Waals surface area contributed by atoms with Gasteiger partial charge in [-0.25, -0.2) is 92.6 Å². The zero-order valence-electron chi connectivity index (χ0n) is 33.0. The Morgan fingerprint density at radius 3 is 1.09 bits per heavy atom. The lowest BCUT2D eigenvalue weighted by Gasteiger charge is -2.44. The first-order chi connectivity index (χ1) is 31.9. The number of carbonyl (C=O) groups excluding carboxylic acids is 1. The molecule has 1 aromatic heterocycles. The number of hydrogen-bond acceptors (Lipinski definition) is 3. The molecule has 0 spiro atoms. The van der Waals surface area contributed by atoms with Crippen LogP contribution in [0.5, 0.6) is 5.75 Å². The summed E-state index contributed by atoms with van der Waals surface area (Å²) >= 11 is 0. The van der Waals surface area contributed by atoms with Crippen LogP contribution in [0.4, 0.5) is 87.8 Å². The standard InChI is InChI=1S/C24BF20.C19H17N2O2/c26-5-1(6(27)14(35)21(42)13(5)34)25(2-7(28)15(36)22(43)16(37)8(2)29,3-9(30)17(38)23(44)18(39)10(3)31)4-11(32)19(40)24(45)20(41)12(4)33;1-15-7-9-17(10-8-15)23-19(22)18-13-20-11-12-21(18)14-16-5-3-2-4-6-16/h;2-13H,14H2,1H3/q-1;+1. The van der Waals surface area contributed by atoms with Crippen LogP contribution in [0.3, 0.4) is 0 Å². The SMILES string of the molecule is Cc1ccc(OC(=O)c2cncc[n+]2Cc2ccccc2)cc1.Fc1c(F)c(F)c([B-](c2c(F)c(F)c(F)c(F)c2F)(c2c(F)c(F)c(F)c(F)c2F)c2c(F)c(F)c(F)c(F)c2F)c(F)c1F. The van der Waals surface area contributed by atoms with Gasteiger partial charge in [-0.2, -0.15) is 4.57 Å². The second-order valence-corrected chi connectivity index (χ2v) is 14.1. The molecule has 68 heavy (non-hydrogen) atoms. The highest BCUT2D eigenvalue weighted by Gasteiger charge is 2.52. The van der Waals surface area contributed by atoms with E-state index in [2.05, 4.69) is 4.98 Å². The maximum absolute atomic E-state index is 15.4. The summed E-state index contributed by atoms with van der Waals surface area (Å²) in [5.41, 5.74) is -11.7. The normalized spacial score (nSPS) is 11.4. The minimum absolute atomic E-state index is 0.414. The van der Waals surface area contributed by atoms with Crippen LogP contribution in [0.25, 0.3) is 0 Å². The third kappa shape index (κ3) is 8.22. The predicted molar refractivity (Wildman–Crippen MR) is 195 cm³/mol. The van der Waals surface area contributed by atoms with Crippen molar-refractivity contribution in [2.45, 2.75) is 13.5 Å². The number of halogens is 20. The first kappa shape index (κ1) is 50.0. The molecule has 4 nitrogen and oxygen atoms in total. The fraction of sp³-hybridized carbons (Fsp3) is 0.0465. The van der Waals surface area contributed by atoms with E-state index < -0.39 is 150 Å². The maximum Gasteiger partial charge on any atom is 0.410 e. The van der Waals surface area contributed by atoms with Gasteiger partial charge in [-0.05, 0) is 19.1 Å². The van der Waals surface area contributed by atoms with Crippen LogP contribution in [0.1, 0.15) is 21.6 Å². The summed E-state index contributed by atoms with van der Waals surface area (Å²) in [4.78, 5) is 16.5. The summed E-state index contributed by atoms with van der Waals surface area (Å²) in [6, 6.07) is 17.3. The van der Waals surface area contributed by atoms with E-state index in [9.17, 15) is 57.5 Å². The van der Waals surface area contributed by atoms with Gasteiger partial charge in [-0.1, -0.05) is 48.0 Å². The number of esters is 1. The highest BCUT2D eigenvalue weighted by Crippen LogP contribution is 2.31. The molecule has 0 aliphatic rings. The second-order valence-electron chi connectivity index (χ2n) is 14.1. The summed E-state index contributed by atoms with van der Waals surface area (Å²) in [5, 5.41) is 0. The van der Waals surface area contributed by atoms with Crippen molar-refractivity contribution in [2.24, 2.45) is 0 Å². The topological polar surface area (TPSA) is 43.1 Å². The lowest BCUT2D eigenvalue weighted by molar-refractivity contribution is -0.691. The number of aromatic nitrogens is 2. The van der Waals surface area contributed by atoms with Gasteiger partial charge >= 0.3 is 11.7 Å². The fourth-order valence-corrected chi connectivity index (χ4v) is 7.11. The molecule has 25 heteroatoms. The zero-order valence-corrected chi connectivity index (χ0v) is 33.0. The van der Waals surface area contributed by atoms with Gasteiger partial charge in [0.25, 0.3) is 0 Å². The van der Waals surface area contributed by atoms with Crippen molar-refractivity contribution in [3.05, 3.63) is 206 Å². The Hall–Kier alpha value is -7.47. The van der Waals surface area contributed by atoms with Gasteiger partial charge in [0.15, 0.2) is 82.5 Å². The van der Waals surface area contributed by atoms with E-state index in [0.29, 0.717) is 18.0 Å². The van der Waals surface area contributed by atoms with Crippen LogP contribution < -0.4 is 31.2 Å². The number of nitrogens with zero attached hydrogens (tertiary/aromatic N) is 2. The van der Waals surface area contributed by atoms with E-state index in [4.69, 9.17) is 4.74 Å². The van der Waals surface area contributed by atoms with E-state index in [1.54, 1.807) is 24.5 Å². The first-order valence-corrected chi connectivity index (χ1v) is 18.3. The van der Waals surface area contributed by atoms with Crippen molar-refractivity contribution < 1.29 is 102 Å². The largest absolute Gasteiger partial charge is 0.419 e. The zero-order chi connectivity index (χ0) is 50.4. The number of aryl methyl sites for hydroxylation is 1. The molecule has 0 bridgehead atoms. The Labute approximate surface area is 366 Å². The molecule has 0 aliphatic carbocycles. The molecule has 6 aromatic carbocycles. The maximum atomic E-state index is 15.4. The number of rotatable bonds is 8. The molecule has 7 rings (SSSR count). The van der Waals surface area contributed by atoms with E-state index in [1.165, 1.54) is 6.20 Å². The number of benzene rings is 6. The smallest absolute Gasteiger partial charge is 0.410 e. The Morgan fingerprint density at radius 1 is 0.456 bits per heavy atom. The lowest BCUT2D eigenvalue weighted by Crippen LogP contribution is -2.81. The Bertz CT molecular complexity index is 2780. The summed E-state index contributed by atoms with van der Waals surface area (Å²) in [6.07, 6.45) is -2.25. The van der Waals surface area contributed by atoms with Crippen molar-refractivity contribution >= 4 is 34.0 Å². The number of carbonyl (C=O) groups is 1. The quantitative estimate of drug-likeness (QED) is 0.0291. The van der Waals surface area contributed by atoms with Crippen LogP contribution in [0.2, 0.25) is 0 Å². The van der Waals surface area contributed by atoms with Gasteiger partial charge < -0.3 is 4.74 Å². The van der Waals surface area contributed by atoms with E-state index in [-0.39, 0.29) is 0 Å². The molecule has 0 atom stereocenters. The fourth-order valence-electron chi connectivity index (χ4n) is 7.11. The van der Waals surface area contributed by atoms with Gasteiger partial charge in [-0.15, -0.1) is 21.9 Å². The molecule has 0 amide bonds. The van der Waals surface area contributed by atoms with Crippen LogP contribution in [0, 0.1) is 123 Å². The Kier molecular flexibility index (Phi) is 14.0. The molecular formula is C43H17BF20N2O2. The molecule has 7 aromatic rings. The Balaban J connectivity index is 0.000000276. The molecule has 1 heterocycles. The molecule has 0 fully saturated rings. The van der Waals surface area contributed by atoms with Crippen LogP contribution >= 0.6 is 0 Å². The molecule has 0 N–H and O–H groups in total. The predicted octanol–water partition coefficient (Wildman–Crippen LogP) is 8.79. The van der Waals surface area contributed by atoms with E-state index >= 15 is 35.1 Å². The highest BCUT2D eigenvalue weighted by molar-refractivity contribution is 7.20. The van der Waals surface area contributed by atoms with Crippen LogP contribution in [-0.4, -0.2) is 17.1 Å². The van der Waals surface area contributed by atoms with Gasteiger partial charge in [0.05, 0.1) is 6.20 Å². The summed E-state index contributed by atoms with van der Waals surface area (Å²) in [7, 11) is 0. The van der Waals surface area contributed by atoms with Gasteiger partial charge in [0.1, 0.15) is 64.6 Å². The molecular weight excluding hydrogens is 967 g/mol. The molecule has 0 radical (unpaired) electrons. The molecule has 354 valence electrons. The molecule has 0 aliphatic heterocycles. The third-order valence-electron chi connectivity index (χ3n) is 10.2. The Morgan fingerprint density at radius 2 is 0.765 bits per heavy atom. The molecule has 0 saturated carbocycles. The van der Waals surface area contributed by atoms with Crippen LogP contribution in [-0.2, 0) is 6.54 Å². The van der Waals surface area contributed by atoms with Crippen molar-refractivity contribution in [1.82, 2.24) is 4.98 Å². The van der Waals surface area contributed by atoms with Crippen molar-refractivity contribution in [3.63, 3.8) is 0 Å². The van der Waals surface area contributed by atoms with Crippen molar-refractivity contribution in [1.29, 1.82) is 0 Å². The molecule has 0 saturated heterocycles. The summed E-state index contributed by atoms with van der Waals surface area (Å²) < 4.78 is 301. The average molecular weight is 984 g/mol. The van der Waals surface area contributed by atoms with Crippen molar-refractivity contribution in [3.8, 4) is 5.75 Å². The van der Waals surface area contributed by atoms with Gasteiger partial charge in [0.2, 0.25) is 0 Å².